The predicted octanol–water partition coefficient (Wildman–Crippen LogP) is 3.46. The molecule has 0 bridgehead atoms. The number of amides is 1. The second-order valence-corrected chi connectivity index (χ2v) is 7.80. The SMILES string of the molecule is Cn1cc(C(=O)N2CCO[C@@H](c3ccccc3)C2)c(-c2ccc3c(c2)OCCCO3)n1. The number of benzene rings is 2. The second-order valence-electron chi connectivity index (χ2n) is 7.80. The molecule has 160 valence electrons. The summed E-state index contributed by atoms with van der Waals surface area (Å²) < 4.78 is 19.2. The van der Waals surface area contributed by atoms with E-state index in [1.165, 1.54) is 0 Å². The van der Waals surface area contributed by atoms with E-state index < -0.39 is 0 Å². The summed E-state index contributed by atoms with van der Waals surface area (Å²) in [7, 11) is 1.83. The molecule has 0 spiro atoms. The van der Waals surface area contributed by atoms with Gasteiger partial charge in [-0.3, -0.25) is 9.48 Å². The Bertz CT molecular complexity index is 1080. The van der Waals surface area contributed by atoms with Gasteiger partial charge in [0.2, 0.25) is 0 Å². The molecule has 1 amide bonds. The van der Waals surface area contributed by atoms with Gasteiger partial charge < -0.3 is 19.1 Å². The molecule has 0 aliphatic carbocycles. The lowest BCUT2D eigenvalue weighted by molar-refractivity contribution is -0.0228. The summed E-state index contributed by atoms with van der Waals surface area (Å²) in [6.07, 6.45) is 2.50. The first-order valence-corrected chi connectivity index (χ1v) is 10.6. The van der Waals surface area contributed by atoms with Crippen molar-refractivity contribution in [2.45, 2.75) is 12.5 Å². The summed E-state index contributed by atoms with van der Waals surface area (Å²) in [4.78, 5) is 15.3. The molecule has 1 saturated heterocycles. The topological polar surface area (TPSA) is 65.8 Å². The van der Waals surface area contributed by atoms with Crippen LogP contribution in [0.25, 0.3) is 11.3 Å². The monoisotopic (exact) mass is 419 g/mol. The van der Waals surface area contributed by atoms with Gasteiger partial charge in [-0.15, -0.1) is 0 Å². The molecule has 31 heavy (non-hydrogen) atoms. The summed E-state index contributed by atoms with van der Waals surface area (Å²) in [5.41, 5.74) is 3.13. The van der Waals surface area contributed by atoms with Gasteiger partial charge in [0.25, 0.3) is 5.91 Å². The zero-order valence-corrected chi connectivity index (χ0v) is 17.5. The molecule has 1 atom stereocenters. The number of rotatable bonds is 3. The maximum atomic E-state index is 13.5. The molecular weight excluding hydrogens is 394 g/mol. The molecule has 7 nitrogen and oxygen atoms in total. The van der Waals surface area contributed by atoms with Crippen molar-refractivity contribution in [1.82, 2.24) is 14.7 Å². The van der Waals surface area contributed by atoms with Crippen LogP contribution in [0.4, 0.5) is 0 Å². The maximum Gasteiger partial charge on any atom is 0.257 e. The van der Waals surface area contributed by atoms with Gasteiger partial charge in [0.1, 0.15) is 11.8 Å². The van der Waals surface area contributed by atoms with E-state index in [1.54, 1.807) is 10.9 Å². The third kappa shape index (κ3) is 4.01. The first-order chi connectivity index (χ1) is 15.2. The lowest BCUT2D eigenvalue weighted by atomic mass is 10.0. The molecule has 5 rings (SSSR count). The normalized spacial score (nSPS) is 18.5. The molecule has 2 aromatic carbocycles. The molecule has 0 radical (unpaired) electrons. The van der Waals surface area contributed by atoms with E-state index in [0.717, 1.165) is 23.3 Å². The minimum Gasteiger partial charge on any atom is -0.490 e. The van der Waals surface area contributed by atoms with E-state index >= 15 is 0 Å². The molecular formula is C24H25N3O4. The zero-order chi connectivity index (χ0) is 21.2. The van der Waals surface area contributed by atoms with Crippen LogP contribution in [-0.4, -0.2) is 53.5 Å². The van der Waals surface area contributed by atoms with Crippen LogP contribution >= 0.6 is 0 Å². The number of morpholine rings is 1. The molecule has 1 aromatic heterocycles. The van der Waals surface area contributed by atoms with Crippen molar-refractivity contribution >= 4 is 5.91 Å². The third-order valence-corrected chi connectivity index (χ3v) is 5.61. The van der Waals surface area contributed by atoms with Crippen LogP contribution in [0, 0.1) is 0 Å². The first kappa shape index (κ1) is 19.6. The van der Waals surface area contributed by atoms with Crippen LogP contribution < -0.4 is 9.47 Å². The quantitative estimate of drug-likeness (QED) is 0.651. The van der Waals surface area contributed by atoms with Crippen LogP contribution in [0.1, 0.15) is 28.4 Å². The summed E-state index contributed by atoms with van der Waals surface area (Å²) in [5.74, 6) is 1.37. The maximum absolute atomic E-state index is 13.5. The number of nitrogens with zero attached hydrogens (tertiary/aromatic N) is 3. The molecule has 2 aliphatic rings. The van der Waals surface area contributed by atoms with Gasteiger partial charge in [-0.05, 0) is 23.8 Å². The fourth-order valence-corrected chi connectivity index (χ4v) is 4.04. The van der Waals surface area contributed by atoms with Crippen molar-refractivity contribution in [3.8, 4) is 22.8 Å². The third-order valence-electron chi connectivity index (χ3n) is 5.61. The Morgan fingerprint density at radius 2 is 1.84 bits per heavy atom. The number of carbonyl (C=O) groups excluding carboxylic acids is 1. The average molecular weight is 419 g/mol. The van der Waals surface area contributed by atoms with Gasteiger partial charge in [0.15, 0.2) is 11.5 Å². The first-order valence-electron chi connectivity index (χ1n) is 10.6. The highest BCUT2D eigenvalue weighted by atomic mass is 16.5. The highest BCUT2D eigenvalue weighted by Crippen LogP contribution is 2.35. The Morgan fingerprint density at radius 1 is 1.03 bits per heavy atom. The largest absolute Gasteiger partial charge is 0.490 e. The summed E-state index contributed by atoms with van der Waals surface area (Å²) in [6.45, 7) is 2.82. The minimum atomic E-state index is -0.128. The highest BCUT2D eigenvalue weighted by Gasteiger charge is 2.29. The zero-order valence-electron chi connectivity index (χ0n) is 17.5. The summed E-state index contributed by atoms with van der Waals surface area (Å²) in [5, 5.41) is 4.59. The Morgan fingerprint density at radius 3 is 2.68 bits per heavy atom. The fourth-order valence-electron chi connectivity index (χ4n) is 4.04. The van der Waals surface area contributed by atoms with Gasteiger partial charge in [-0.1, -0.05) is 30.3 Å². The lowest BCUT2D eigenvalue weighted by Crippen LogP contribution is -2.42. The summed E-state index contributed by atoms with van der Waals surface area (Å²) >= 11 is 0. The number of aromatic nitrogens is 2. The second kappa shape index (κ2) is 8.43. The van der Waals surface area contributed by atoms with Crippen LogP contribution in [-0.2, 0) is 11.8 Å². The van der Waals surface area contributed by atoms with E-state index in [-0.39, 0.29) is 12.0 Å². The lowest BCUT2D eigenvalue weighted by Gasteiger charge is -2.33. The predicted molar refractivity (Wildman–Crippen MR) is 115 cm³/mol. The molecule has 2 aliphatic heterocycles. The van der Waals surface area contributed by atoms with Crippen molar-refractivity contribution < 1.29 is 19.0 Å². The number of ether oxygens (including phenoxy) is 3. The average Bonchev–Trinajstić information content (AvgIpc) is 3.05. The van der Waals surface area contributed by atoms with Gasteiger partial charge >= 0.3 is 0 Å². The Labute approximate surface area is 181 Å². The van der Waals surface area contributed by atoms with E-state index in [9.17, 15) is 4.79 Å². The van der Waals surface area contributed by atoms with Gasteiger partial charge in [0.05, 0.1) is 31.9 Å². The van der Waals surface area contributed by atoms with E-state index in [4.69, 9.17) is 14.2 Å². The molecule has 1 fully saturated rings. The number of carbonyl (C=O) groups is 1. The molecule has 3 heterocycles. The van der Waals surface area contributed by atoms with E-state index in [2.05, 4.69) is 5.10 Å². The molecule has 7 heteroatoms. The van der Waals surface area contributed by atoms with Crippen molar-refractivity contribution in [3.05, 3.63) is 65.9 Å². The smallest absolute Gasteiger partial charge is 0.257 e. The van der Waals surface area contributed by atoms with Crippen molar-refractivity contribution in [3.63, 3.8) is 0 Å². The van der Waals surface area contributed by atoms with Crippen LogP contribution in [0.2, 0.25) is 0 Å². The van der Waals surface area contributed by atoms with Crippen molar-refractivity contribution in [2.75, 3.05) is 32.9 Å². The highest BCUT2D eigenvalue weighted by molar-refractivity contribution is 6.00. The van der Waals surface area contributed by atoms with Crippen LogP contribution in [0.15, 0.2) is 54.7 Å². The number of aryl methyl sites for hydroxylation is 1. The van der Waals surface area contributed by atoms with Crippen LogP contribution in [0.3, 0.4) is 0 Å². The Balaban J connectivity index is 1.42. The fraction of sp³-hybridized carbons (Fsp3) is 0.333. The number of fused-ring (bicyclic) bond motifs is 1. The van der Waals surface area contributed by atoms with Gasteiger partial charge in [0, 0.05) is 31.8 Å². The van der Waals surface area contributed by atoms with Crippen molar-refractivity contribution in [2.24, 2.45) is 7.05 Å². The Hall–Kier alpha value is -3.32. The summed E-state index contributed by atoms with van der Waals surface area (Å²) in [6, 6.07) is 15.7. The van der Waals surface area contributed by atoms with Gasteiger partial charge in [-0.25, -0.2) is 0 Å². The van der Waals surface area contributed by atoms with E-state index in [1.807, 2.05) is 60.5 Å². The van der Waals surface area contributed by atoms with Crippen molar-refractivity contribution in [1.29, 1.82) is 0 Å². The Kier molecular flexibility index (Phi) is 5.34. The molecule has 0 unspecified atom stereocenters. The number of hydrogen-bond acceptors (Lipinski definition) is 5. The molecule has 3 aromatic rings. The molecule has 0 saturated carbocycles. The van der Waals surface area contributed by atoms with Crippen LogP contribution in [0.5, 0.6) is 11.5 Å². The molecule has 0 N–H and O–H groups in total. The minimum absolute atomic E-state index is 0.0422. The van der Waals surface area contributed by atoms with E-state index in [0.29, 0.717) is 49.9 Å². The standard InChI is InChI=1S/C24H25N3O4/c1-26-15-19(23(25-26)18-8-9-20-21(14-18)30-12-5-11-29-20)24(28)27-10-13-31-22(16-27)17-6-3-2-4-7-17/h2-4,6-9,14-15,22H,5,10-13,16H2,1H3/t22-/m1/s1. The van der Waals surface area contributed by atoms with Gasteiger partial charge in [-0.2, -0.15) is 5.10 Å². The number of hydrogen-bond donors (Lipinski definition) is 0.